The highest BCUT2D eigenvalue weighted by Gasteiger charge is 2.48. The molecule has 0 amide bonds. The molecule has 1 heterocycles. The molecular weight excluding hydrogens is 178 g/mol. The first-order valence-electron chi connectivity index (χ1n) is 5.22. The first kappa shape index (κ1) is 9.77. The summed E-state index contributed by atoms with van der Waals surface area (Å²) in [7, 11) is 2.04. The highest BCUT2D eigenvalue weighted by atomic mass is 16.3. The molecular formula is C10H19N3O. The molecule has 1 aliphatic carbocycles. The van der Waals surface area contributed by atoms with Crippen LogP contribution in [0.4, 0.5) is 0 Å². The molecule has 2 atom stereocenters. The Labute approximate surface area is 85.0 Å². The van der Waals surface area contributed by atoms with Gasteiger partial charge in [0.15, 0.2) is 5.96 Å². The Morgan fingerprint density at radius 2 is 2.29 bits per heavy atom. The van der Waals surface area contributed by atoms with E-state index in [2.05, 4.69) is 29.1 Å². The molecule has 0 spiro atoms. The van der Waals surface area contributed by atoms with E-state index in [1.807, 2.05) is 7.05 Å². The third-order valence-electron chi connectivity index (χ3n) is 3.58. The molecule has 1 saturated carbocycles. The van der Waals surface area contributed by atoms with Crippen LogP contribution in [0.5, 0.6) is 0 Å². The molecule has 2 rings (SSSR count). The number of nitrogens with one attached hydrogen (secondary N) is 1. The normalized spacial score (nSPS) is 35.1. The summed E-state index contributed by atoms with van der Waals surface area (Å²) in [5.74, 6) is 0.981. The summed E-state index contributed by atoms with van der Waals surface area (Å²) in [5.41, 5.74) is -0.0219. The maximum absolute atomic E-state index is 9.59. The van der Waals surface area contributed by atoms with Crippen LogP contribution in [0.15, 0.2) is 4.99 Å². The number of aliphatic imine (C=N–C) groups is 1. The highest BCUT2D eigenvalue weighted by molar-refractivity contribution is 5.81. The average Bonchev–Trinajstić information content (AvgIpc) is 2.51. The molecule has 0 bridgehead atoms. The largest absolute Gasteiger partial charge is 0.392 e. The zero-order chi connectivity index (χ0) is 10.3. The number of rotatable bonds is 1. The molecule has 4 heteroatoms. The second-order valence-electron chi connectivity index (χ2n) is 4.90. The number of likely N-dealkylation sites (N-methyl/N-ethyl adjacent to an activating group) is 1. The van der Waals surface area contributed by atoms with Crippen molar-refractivity contribution >= 4 is 5.96 Å². The van der Waals surface area contributed by atoms with E-state index < -0.39 is 0 Å². The van der Waals surface area contributed by atoms with Crippen molar-refractivity contribution in [2.24, 2.45) is 10.4 Å². The first-order valence-corrected chi connectivity index (χ1v) is 5.22. The summed E-state index contributed by atoms with van der Waals surface area (Å²) < 4.78 is 0. The van der Waals surface area contributed by atoms with Crippen molar-refractivity contribution in [2.45, 2.75) is 32.4 Å². The smallest absolute Gasteiger partial charge is 0.194 e. The van der Waals surface area contributed by atoms with Gasteiger partial charge in [0.2, 0.25) is 0 Å². The second-order valence-corrected chi connectivity index (χ2v) is 4.90. The van der Waals surface area contributed by atoms with Crippen LogP contribution in [0.25, 0.3) is 0 Å². The summed E-state index contributed by atoms with van der Waals surface area (Å²) in [5, 5.41) is 13.0. The van der Waals surface area contributed by atoms with Crippen molar-refractivity contribution in [3.05, 3.63) is 0 Å². The van der Waals surface area contributed by atoms with Crippen LogP contribution in [0, 0.1) is 5.41 Å². The van der Waals surface area contributed by atoms with Gasteiger partial charge in [0.05, 0.1) is 12.6 Å². The number of aliphatic hydroxyl groups excluding tert-OH is 1. The average molecular weight is 197 g/mol. The van der Waals surface area contributed by atoms with Gasteiger partial charge in [0.1, 0.15) is 0 Å². The van der Waals surface area contributed by atoms with Crippen molar-refractivity contribution in [3.63, 3.8) is 0 Å². The Hall–Kier alpha value is -0.770. The van der Waals surface area contributed by atoms with Crippen LogP contribution in [-0.4, -0.2) is 48.2 Å². The standard InChI is InChI=1S/C10H19N3O/c1-10(2)7(6-8(10)14)12-9-11-4-5-13(9)3/h7-8,14H,4-6H2,1-3H3,(H,11,12). The molecule has 2 N–H and O–H groups in total. The third-order valence-corrected chi connectivity index (χ3v) is 3.58. The highest BCUT2D eigenvalue weighted by Crippen LogP contribution is 2.40. The van der Waals surface area contributed by atoms with Crippen LogP contribution in [0.1, 0.15) is 20.3 Å². The number of guanidine groups is 1. The van der Waals surface area contributed by atoms with Gasteiger partial charge < -0.3 is 15.3 Å². The molecule has 2 unspecified atom stereocenters. The van der Waals surface area contributed by atoms with Gasteiger partial charge in [-0.15, -0.1) is 0 Å². The summed E-state index contributed by atoms with van der Waals surface area (Å²) in [6.07, 6.45) is 0.659. The van der Waals surface area contributed by atoms with Crippen molar-refractivity contribution < 1.29 is 5.11 Å². The van der Waals surface area contributed by atoms with Crippen molar-refractivity contribution in [3.8, 4) is 0 Å². The summed E-state index contributed by atoms with van der Waals surface area (Å²) >= 11 is 0. The van der Waals surface area contributed by atoms with E-state index in [1.54, 1.807) is 0 Å². The SMILES string of the molecule is CN1CCN=C1NC1CC(O)C1(C)C. The molecule has 14 heavy (non-hydrogen) atoms. The molecule has 0 aromatic rings. The van der Waals surface area contributed by atoms with Crippen molar-refractivity contribution in [2.75, 3.05) is 20.1 Å². The third kappa shape index (κ3) is 1.38. The Morgan fingerprint density at radius 3 is 2.71 bits per heavy atom. The molecule has 0 aromatic heterocycles. The molecule has 1 fully saturated rings. The second kappa shape index (κ2) is 3.12. The van der Waals surface area contributed by atoms with Gasteiger partial charge in [-0.2, -0.15) is 0 Å². The van der Waals surface area contributed by atoms with Gasteiger partial charge >= 0.3 is 0 Å². The lowest BCUT2D eigenvalue weighted by atomic mass is 9.64. The Kier molecular flexibility index (Phi) is 2.18. The van der Waals surface area contributed by atoms with Gasteiger partial charge in [-0.3, -0.25) is 4.99 Å². The molecule has 1 aliphatic heterocycles. The molecule has 0 aromatic carbocycles. The van der Waals surface area contributed by atoms with Crippen LogP contribution in [0.2, 0.25) is 0 Å². The number of nitrogens with zero attached hydrogens (tertiary/aromatic N) is 2. The minimum absolute atomic E-state index is 0.0219. The number of aliphatic hydroxyl groups is 1. The van der Waals surface area contributed by atoms with E-state index in [0.29, 0.717) is 6.04 Å². The molecule has 4 nitrogen and oxygen atoms in total. The zero-order valence-electron chi connectivity index (χ0n) is 9.12. The summed E-state index contributed by atoms with van der Waals surface area (Å²) in [6, 6.07) is 0.358. The quantitative estimate of drug-likeness (QED) is 0.624. The van der Waals surface area contributed by atoms with Gasteiger partial charge in [0.25, 0.3) is 0 Å². The van der Waals surface area contributed by atoms with Gasteiger partial charge in [-0.25, -0.2) is 0 Å². The van der Waals surface area contributed by atoms with Crippen LogP contribution >= 0.6 is 0 Å². The fraction of sp³-hybridized carbons (Fsp3) is 0.900. The van der Waals surface area contributed by atoms with Gasteiger partial charge in [-0.1, -0.05) is 13.8 Å². The summed E-state index contributed by atoms with van der Waals surface area (Å²) in [4.78, 5) is 6.50. The summed E-state index contributed by atoms with van der Waals surface area (Å²) in [6.45, 7) is 6.06. The van der Waals surface area contributed by atoms with Crippen molar-refractivity contribution in [1.82, 2.24) is 10.2 Å². The van der Waals surface area contributed by atoms with E-state index in [-0.39, 0.29) is 11.5 Å². The topological polar surface area (TPSA) is 47.9 Å². The molecule has 0 radical (unpaired) electrons. The van der Waals surface area contributed by atoms with Gasteiger partial charge in [0, 0.05) is 25.0 Å². The molecule has 2 aliphatic rings. The van der Waals surface area contributed by atoms with E-state index in [4.69, 9.17) is 0 Å². The number of hydrogen-bond donors (Lipinski definition) is 2. The first-order chi connectivity index (χ1) is 6.51. The predicted octanol–water partition coefficient (Wildman–Crippen LogP) is 0.0368. The van der Waals surface area contributed by atoms with Crippen molar-refractivity contribution in [1.29, 1.82) is 0 Å². The Morgan fingerprint density at radius 1 is 1.57 bits per heavy atom. The van der Waals surface area contributed by atoms with Crippen LogP contribution in [-0.2, 0) is 0 Å². The van der Waals surface area contributed by atoms with E-state index in [9.17, 15) is 5.11 Å². The van der Waals surface area contributed by atoms with E-state index in [0.717, 1.165) is 25.5 Å². The maximum atomic E-state index is 9.59. The fourth-order valence-corrected chi connectivity index (χ4v) is 1.99. The lowest BCUT2D eigenvalue weighted by Crippen LogP contribution is -2.62. The minimum Gasteiger partial charge on any atom is -0.392 e. The van der Waals surface area contributed by atoms with Gasteiger partial charge in [-0.05, 0) is 6.42 Å². The fourth-order valence-electron chi connectivity index (χ4n) is 1.99. The number of hydrogen-bond acceptors (Lipinski definition) is 4. The Bertz CT molecular complexity index is 262. The predicted molar refractivity (Wildman–Crippen MR) is 56.3 cm³/mol. The van der Waals surface area contributed by atoms with Crippen LogP contribution < -0.4 is 5.32 Å². The van der Waals surface area contributed by atoms with E-state index >= 15 is 0 Å². The monoisotopic (exact) mass is 197 g/mol. The van der Waals surface area contributed by atoms with E-state index in [1.165, 1.54) is 0 Å². The maximum Gasteiger partial charge on any atom is 0.194 e. The van der Waals surface area contributed by atoms with Crippen LogP contribution in [0.3, 0.4) is 0 Å². The minimum atomic E-state index is -0.174. The molecule has 0 saturated heterocycles. The molecule has 80 valence electrons. The lowest BCUT2D eigenvalue weighted by molar-refractivity contribution is -0.0666. The zero-order valence-corrected chi connectivity index (χ0v) is 9.12. The lowest BCUT2D eigenvalue weighted by Gasteiger charge is -2.50. The Balaban J connectivity index is 1.94.